The van der Waals surface area contributed by atoms with Crippen molar-refractivity contribution in [3.63, 3.8) is 0 Å². The van der Waals surface area contributed by atoms with E-state index < -0.39 is 0 Å². The molecule has 2 atom stereocenters. The summed E-state index contributed by atoms with van der Waals surface area (Å²) in [6.45, 7) is 1.93. The van der Waals surface area contributed by atoms with Crippen molar-refractivity contribution in [2.75, 3.05) is 32.1 Å². The minimum atomic E-state index is 0.259. The topological polar surface area (TPSA) is 41.3 Å². The molecule has 3 heteroatoms. The molecule has 1 heterocycles. The molecule has 2 unspecified atom stereocenters. The van der Waals surface area contributed by atoms with Crippen LogP contribution in [0.5, 0.6) is 0 Å². The zero-order chi connectivity index (χ0) is 10.8. The predicted molar refractivity (Wildman–Crippen MR) is 64.4 cm³/mol. The largest absolute Gasteiger partial charge is 0.378 e. The maximum Gasteiger partial charge on any atom is 0.0361 e. The molecule has 1 aliphatic heterocycles. The summed E-state index contributed by atoms with van der Waals surface area (Å²) in [6, 6.07) is 8.94. The molecule has 3 N–H and O–H groups in total. The second-order valence-corrected chi connectivity index (χ2v) is 4.41. The Hall–Kier alpha value is -1.06. The van der Waals surface area contributed by atoms with Crippen LogP contribution >= 0.6 is 0 Å². The van der Waals surface area contributed by atoms with Gasteiger partial charge in [0.25, 0.3) is 0 Å². The molecule has 2 rings (SSSR count). The van der Waals surface area contributed by atoms with E-state index in [-0.39, 0.29) is 6.04 Å². The second kappa shape index (κ2) is 4.21. The summed E-state index contributed by atoms with van der Waals surface area (Å²) in [5.41, 5.74) is 8.62. The SMILES string of the molecule is CN(C)c1ccc(C2CNCC2N)cc1. The van der Waals surface area contributed by atoms with Crippen LogP contribution in [-0.2, 0) is 0 Å². The Labute approximate surface area is 91.3 Å². The molecule has 1 fully saturated rings. The number of rotatable bonds is 2. The minimum absolute atomic E-state index is 0.259. The third-order valence-electron chi connectivity index (χ3n) is 3.10. The minimum Gasteiger partial charge on any atom is -0.378 e. The molecule has 0 radical (unpaired) electrons. The van der Waals surface area contributed by atoms with E-state index in [9.17, 15) is 0 Å². The van der Waals surface area contributed by atoms with Crippen LogP contribution in [0.1, 0.15) is 11.5 Å². The van der Waals surface area contributed by atoms with Gasteiger partial charge in [-0.05, 0) is 17.7 Å². The first kappa shape index (κ1) is 10.5. The van der Waals surface area contributed by atoms with Gasteiger partial charge in [-0.3, -0.25) is 0 Å². The Morgan fingerprint density at radius 2 is 1.87 bits per heavy atom. The standard InChI is InChI=1S/C12H19N3/c1-15(2)10-5-3-9(4-6-10)11-7-14-8-12(11)13/h3-6,11-12,14H,7-8,13H2,1-2H3. The van der Waals surface area contributed by atoms with E-state index in [1.807, 2.05) is 0 Å². The Kier molecular flexibility index (Phi) is 2.93. The highest BCUT2D eigenvalue weighted by molar-refractivity contribution is 5.46. The molecule has 1 aromatic carbocycles. The van der Waals surface area contributed by atoms with Gasteiger partial charge in [0, 0.05) is 44.8 Å². The number of benzene rings is 1. The Morgan fingerprint density at radius 3 is 2.33 bits per heavy atom. The van der Waals surface area contributed by atoms with Crippen molar-refractivity contribution in [1.82, 2.24) is 5.32 Å². The zero-order valence-electron chi connectivity index (χ0n) is 9.40. The van der Waals surface area contributed by atoms with Gasteiger partial charge >= 0.3 is 0 Å². The van der Waals surface area contributed by atoms with Crippen molar-refractivity contribution in [3.8, 4) is 0 Å². The fourth-order valence-corrected chi connectivity index (χ4v) is 2.08. The van der Waals surface area contributed by atoms with Crippen molar-refractivity contribution < 1.29 is 0 Å². The van der Waals surface area contributed by atoms with Crippen LogP contribution in [0.25, 0.3) is 0 Å². The molecule has 82 valence electrons. The lowest BCUT2D eigenvalue weighted by atomic mass is 9.95. The number of hydrogen-bond donors (Lipinski definition) is 2. The summed E-state index contributed by atoms with van der Waals surface area (Å²) in [5.74, 6) is 0.473. The summed E-state index contributed by atoms with van der Waals surface area (Å²) < 4.78 is 0. The molecule has 15 heavy (non-hydrogen) atoms. The molecule has 0 amide bonds. The molecule has 1 aromatic rings. The highest BCUT2D eigenvalue weighted by Gasteiger charge is 2.24. The van der Waals surface area contributed by atoms with Crippen LogP contribution in [0.4, 0.5) is 5.69 Å². The van der Waals surface area contributed by atoms with Crippen LogP contribution in [0, 0.1) is 0 Å². The highest BCUT2D eigenvalue weighted by Crippen LogP contribution is 2.23. The molecule has 0 saturated carbocycles. The number of nitrogens with one attached hydrogen (secondary N) is 1. The molecular weight excluding hydrogens is 186 g/mol. The summed E-state index contributed by atoms with van der Waals surface area (Å²) in [4.78, 5) is 2.11. The van der Waals surface area contributed by atoms with Gasteiger partial charge in [-0.15, -0.1) is 0 Å². The van der Waals surface area contributed by atoms with Crippen LogP contribution in [0.3, 0.4) is 0 Å². The van der Waals surface area contributed by atoms with E-state index in [0.29, 0.717) is 5.92 Å². The van der Waals surface area contributed by atoms with E-state index in [2.05, 4.69) is 48.6 Å². The lowest BCUT2D eigenvalue weighted by molar-refractivity contribution is 0.653. The lowest BCUT2D eigenvalue weighted by Gasteiger charge is -2.17. The Morgan fingerprint density at radius 1 is 1.20 bits per heavy atom. The molecular formula is C12H19N3. The summed E-state index contributed by atoms with van der Waals surface area (Å²) >= 11 is 0. The fraction of sp³-hybridized carbons (Fsp3) is 0.500. The van der Waals surface area contributed by atoms with E-state index in [1.165, 1.54) is 11.3 Å². The first-order valence-electron chi connectivity index (χ1n) is 5.42. The van der Waals surface area contributed by atoms with Crippen LogP contribution < -0.4 is 16.0 Å². The monoisotopic (exact) mass is 205 g/mol. The van der Waals surface area contributed by atoms with Crippen molar-refractivity contribution in [2.24, 2.45) is 5.73 Å². The van der Waals surface area contributed by atoms with Crippen molar-refractivity contribution in [3.05, 3.63) is 29.8 Å². The van der Waals surface area contributed by atoms with Crippen molar-refractivity contribution in [1.29, 1.82) is 0 Å². The second-order valence-electron chi connectivity index (χ2n) is 4.41. The van der Waals surface area contributed by atoms with Crippen LogP contribution in [0.15, 0.2) is 24.3 Å². The van der Waals surface area contributed by atoms with E-state index >= 15 is 0 Å². The summed E-state index contributed by atoms with van der Waals surface area (Å²) in [6.07, 6.45) is 0. The van der Waals surface area contributed by atoms with Crippen LogP contribution in [-0.4, -0.2) is 33.2 Å². The van der Waals surface area contributed by atoms with Gasteiger partial charge in [0.1, 0.15) is 0 Å². The molecule has 0 spiro atoms. The molecule has 0 aromatic heterocycles. The normalized spacial score (nSPS) is 25.5. The first-order chi connectivity index (χ1) is 7.18. The van der Waals surface area contributed by atoms with Crippen molar-refractivity contribution in [2.45, 2.75) is 12.0 Å². The number of hydrogen-bond acceptors (Lipinski definition) is 3. The zero-order valence-corrected chi connectivity index (χ0v) is 9.40. The van der Waals surface area contributed by atoms with Gasteiger partial charge in [0.15, 0.2) is 0 Å². The van der Waals surface area contributed by atoms with E-state index in [0.717, 1.165) is 13.1 Å². The maximum atomic E-state index is 6.04. The smallest absolute Gasteiger partial charge is 0.0361 e. The van der Waals surface area contributed by atoms with E-state index in [4.69, 9.17) is 5.73 Å². The number of anilines is 1. The van der Waals surface area contributed by atoms with Gasteiger partial charge in [-0.25, -0.2) is 0 Å². The van der Waals surface area contributed by atoms with Gasteiger partial charge in [-0.1, -0.05) is 12.1 Å². The predicted octanol–water partition coefficient (Wildman–Crippen LogP) is 0.767. The average Bonchev–Trinajstić information content (AvgIpc) is 2.65. The number of nitrogens with zero attached hydrogens (tertiary/aromatic N) is 1. The summed E-state index contributed by atoms with van der Waals surface area (Å²) in [5, 5.41) is 3.32. The molecule has 0 aliphatic carbocycles. The molecule has 0 bridgehead atoms. The van der Waals surface area contributed by atoms with Gasteiger partial charge in [0.05, 0.1) is 0 Å². The third-order valence-corrected chi connectivity index (χ3v) is 3.10. The van der Waals surface area contributed by atoms with Gasteiger partial charge in [-0.2, -0.15) is 0 Å². The first-order valence-corrected chi connectivity index (χ1v) is 5.42. The molecule has 3 nitrogen and oxygen atoms in total. The Balaban J connectivity index is 2.16. The van der Waals surface area contributed by atoms with Gasteiger partial charge < -0.3 is 16.0 Å². The average molecular weight is 205 g/mol. The van der Waals surface area contributed by atoms with Gasteiger partial charge in [0.2, 0.25) is 0 Å². The number of nitrogens with two attached hydrogens (primary N) is 1. The molecule has 1 aliphatic rings. The highest BCUT2D eigenvalue weighted by atomic mass is 15.1. The quantitative estimate of drug-likeness (QED) is 0.749. The lowest BCUT2D eigenvalue weighted by Crippen LogP contribution is -2.27. The maximum absolute atomic E-state index is 6.04. The third kappa shape index (κ3) is 2.13. The van der Waals surface area contributed by atoms with E-state index in [1.54, 1.807) is 0 Å². The Bertz CT molecular complexity index is 318. The fourth-order valence-electron chi connectivity index (χ4n) is 2.08. The molecule has 1 saturated heterocycles. The van der Waals surface area contributed by atoms with Crippen molar-refractivity contribution >= 4 is 5.69 Å². The van der Waals surface area contributed by atoms with Crippen LogP contribution in [0.2, 0.25) is 0 Å². The summed E-state index contributed by atoms with van der Waals surface area (Å²) in [7, 11) is 4.11.